The van der Waals surface area contributed by atoms with Crippen LogP contribution in [0.2, 0.25) is 0 Å². The molecule has 2 aromatic carbocycles. The van der Waals surface area contributed by atoms with Gasteiger partial charge in [-0.2, -0.15) is 0 Å². The lowest BCUT2D eigenvalue weighted by Gasteiger charge is -2.09. The Labute approximate surface area is 140 Å². The Hall–Kier alpha value is -2.95. The lowest BCUT2D eigenvalue weighted by atomic mass is 10.0. The van der Waals surface area contributed by atoms with E-state index in [1.54, 1.807) is 25.3 Å². The number of carbonyl (C=O) groups excluding carboxylic acids is 1. The van der Waals surface area contributed by atoms with Crippen molar-refractivity contribution in [3.05, 3.63) is 53.1 Å². The van der Waals surface area contributed by atoms with Gasteiger partial charge in [0.1, 0.15) is 5.75 Å². The molecule has 0 bridgehead atoms. The number of rotatable bonds is 4. The zero-order valence-corrected chi connectivity index (χ0v) is 13.9. The Bertz CT molecular complexity index is 788. The SMILES string of the molecule is COc1cc(C)c(/C=C/C(=O)Nc2ccc3c(c2)OCO3)c(C)c1. The molecule has 0 spiro atoms. The fourth-order valence-electron chi connectivity index (χ4n) is 2.63. The van der Waals surface area contributed by atoms with E-state index in [9.17, 15) is 4.79 Å². The number of hydrogen-bond acceptors (Lipinski definition) is 4. The first-order chi connectivity index (χ1) is 11.6. The molecule has 124 valence electrons. The van der Waals surface area contributed by atoms with Crippen LogP contribution in [-0.2, 0) is 4.79 Å². The highest BCUT2D eigenvalue weighted by Crippen LogP contribution is 2.34. The highest BCUT2D eigenvalue weighted by molar-refractivity contribution is 6.02. The molecule has 1 heterocycles. The summed E-state index contributed by atoms with van der Waals surface area (Å²) in [6, 6.07) is 9.20. The molecule has 3 rings (SSSR count). The van der Waals surface area contributed by atoms with E-state index >= 15 is 0 Å². The minimum Gasteiger partial charge on any atom is -0.497 e. The maximum atomic E-state index is 12.1. The first-order valence-corrected chi connectivity index (χ1v) is 7.61. The van der Waals surface area contributed by atoms with Gasteiger partial charge in [0.2, 0.25) is 12.7 Å². The first kappa shape index (κ1) is 15.9. The minimum absolute atomic E-state index is 0.205. The van der Waals surface area contributed by atoms with E-state index in [1.165, 1.54) is 6.08 Å². The van der Waals surface area contributed by atoms with Crippen molar-refractivity contribution in [3.63, 3.8) is 0 Å². The zero-order chi connectivity index (χ0) is 17.1. The first-order valence-electron chi connectivity index (χ1n) is 7.61. The van der Waals surface area contributed by atoms with Crippen LogP contribution in [-0.4, -0.2) is 19.8 Å². The van der Waals surface area contributed by atoms with E-state index in [4.69, 9.17) is 14.2 Å². The largest absolute Gasteiger partial charge is 0.497 e. The van der Waals surface area contributed by atoms with Crippen molar-refractivity contribution in [3.8, 4) is 17.2 Å². The van der Waals surface area contributed by atoms with Gasteiger partial charge in [-0.15, -0.1) is 0 Å². The van der Waals surface area contributed by atoms with Crippen LogP contribution in [0, 0.1) is 13.8 Å². The van der Waals surface area contributed by atoms with E-state index in [-0.39, 0.29) is 12.7 Å². The highest BCUT2D eigenvalue weighted by atomic mass is 16.7. The molecular weight excluding hydrogens is 306 g/mol. The van der Waals surface area contributed by atoms with Crippen LogP contribution in [0.4, 0.5) is 5.69 Å². The molecule has 5 nitrogen and oxygen atoms in total. The van der Waals surface area contributed by atoms with Crippen LogP contribution in [0.25, 0.3) is 6.08 Å². The summed E-state index contributed by atoms with van der Waals surface area (Å²) in [7, 11) is 1.64. The minimum atomic E-state index is -0.205. The van der Waals surface area contributed by atoms with E-state index < -0.39 is 0 Å². The lowest BCUT2D eigenvalue weighted by Crippen LogP contribution is -2.07. The topological polar surface area (TPSA) is 56.8 Å². The molecule has 0 aromatic heterocycles. The second kappa shape index (κ2) is 6.66. The molecule has 1 amide bonds. The van der Waals surface area contributed by atoms with Crippen molar-refractivity contribution < 1.29 is 19.0 Å². The normalized spacial score (nSPS) is 12.5. The van der Waals surface area contributed by atoms with Gasteiger partial charge in [0, 0.05) is 17.8 Å². The molecule has 1 N–H and O–H groups in total. The quantitative estimate of drug-likeness (QED) is 0.871. The highest BCUT2D eigenvalue weighted by Gasteiger charge is 2.13. The second-order valence-corrected chi connectivity index (χ2v) is 5.57. The average Bonchev–Trinajstić information content (AvgIpc) is 3.01. The Morgan fingerprint density at radius 2 is 1.83 bits per heavy atom. The fourth-order valence-corrected chi connectivity index (χ4v) is 2.63. The molecule has 0 saturated carbocycles. The summed E-state index contributed by atoms with van der Waals surface area (Å²) < 4.78 is 15.8. The van der Waals surface area contributed by atoms with Gasteiger partial charge in [-0.1, -0.05) is 0 Å². The van der Waals surface area contributed by atoms with Crippen LogP contribution in [0.1, 0.15) is 16.7 Å². The standard InChI is InChI=1S/C19H19NO4/c1-12-8-15(22-3)9-13(2)16(12)5-7-19(21)20-14-4-6-17-18(10-14)24-11-23-17/h4-10H,11H2,1-3H3,(H,20,21)/b7-5+. The van der Waals surface area contributed by atoms with Crippen molar-refractivity contribution in [2.45, 2.75) is 13.8 Å². The average molecular weight is 325 g/mol. The Morgan fingerprint density at radius 3 is 2.54 bits per heavy atom. The molecule has 0 saturated heterocycles. The summed E-state index contributed by atoms with van der Waals surface area (Å²) in [5, 5.41) is 2.82. The van der Waals surface area contributed by atoms with Gasteiger partial charge in [0.05, 0.1) is 7.11 Å². The number of hydrogen-bond donors (Lipinski definition) is 1. The van der Waals surface area contributed by atoms with Crippen LogP contribution in [0.3, 0.4) is 0 Å². The van der Waals surface area contributed by atoms with E-state index in [1.807, 2.05) is 32.1 Å². The number of fused-ring (bicyclic) bond motifs is 1. The zero-order valence-electron chi connectivity index (χ0n) is 13.9. The summed E-state index contributed by atoms with van der Waals surface area (Å²) >= 11 is 0. The number of nitrogens with one attached hydrogen (secondary N) is 1. The van der Waals surface area contributed by atoms with Crippen molar-refractivity contribution >= 4 is 17.7 Å². The maximum Gasteiger partial charge on any atom is 0.248 e. The number of aryl methyl sites for hydroxylation is 2. The number of carbonyl (C=O) groups is 1. The molecule has 2 aromatic rings. The summed E-state index contributed by atoms with van der Waals surface area (Å²) in [6.07, 6.45) is 3.33. The van der Waals surface area contributed by atoms with Gasteiger partial charge in [-0.25, -0.2) is 0 Å². The molecule has 0 radical (unpaired) electrons. The van der Waals surface area contributed by atoms with Crippen molar-refractivity contribution in [1.29, 1.82) is 0 Å². The molecular formula is C19H19NO4. The third-order valence-electron chi connectivity index (χ3n) is 3.84. The van der Waals surface area contributed by atoms with Crippen molar-refractivity contribution in [1.82, 2.24) is 0 Å². The number of ether oxygens (including phenoxy) is 3. The number of amides is 1. The Balaban J connectivity index is 1.72. The molecule has 1 aliphatic heterocycles. The molecule has 0 aliphatic carbocycles. The lowest BCUT2D eigenvalue weighted by molar-refractivity contribution is -0.111. The molecule has 0 fully saturated rings. The van der Waals surface area contributed by atoms with E-state index in [0.717, 1.165) is 22.4 Å². The summed E-state index contributed by atoms with van der Waals surface area (Å²) in [4.78, 5) is 12.1. The molecule has 24 heavy (non-hydrogen) atoms. The second-order valence-electron chi connectivity index (χ2n) is 5.57. The monoisotopic (exact) mass is 325 g/mol. The fraction of sp³-hybridized carbons (Fsp3) is 0.211. The van der Waals surface area contributed by atoms with Gasteiger partial charge < -0.3 is 19.5 Å². The Kier molecular flexibility index (Phi) is 4.42. The summed E-state index contributed by atoms with van der Waals surface area (Å²) in [6.45, 7) is 4.19. The van der Waals surface area contributed by atoms with Gasteiger partial charge in [0.25, 0.3) is 0 Å². The van der Waals surface area contributed by atoms with Gasteiger partial charge in [-0.05, 0) is 60.9 Å². The summed E-state index contributed by atoms with van der Waals surface area (Å²) in [5.74, 6) is 1.93. The van der Waals surface area contributed by atoms with Gasteiger partial charge >= 0.3 is 0 Å². The smallest absolute Gasteiger partial charge is 0.248 e. The molecule has 0 atom stereocenters. The Morgan fingerprint density at radius 1 is 1.12 bits per heavy atom. The number of methoxy groups -OCH3 is 1. The summed E-state index contributed by atoms with van der Waals surface area (Å²) in [5.41, 5.74) is 3.78. The molecule has 5 heteroatoms. The van der Waals surface area contributed by atoms with E-state index in [0.29, 0.717) is 17.2 Å². The van der Waals surface area contributed by atoms with Gasteiger partial charge in [0.15, 0.2) is 11.5 Å². The molecule has 1 aliphatic rings. The van der Waals surface area contributed by atoms with Crippen molar-refractivity contribution in [2.75, 3.05) is 19.2 Å². The maximum absolute atomic E-state index is 12.1. The predicted octanol–water partition coefficient (Wildman–Crippen LogP) is 3.69. The van der Waals surface area contributed by atoms with E-state index in [2.05, 4.69) is 5.32 Å². The van der Waals surface area contributed by atoms with Gasteiger partial charge in [-0.3, -0.25) is 4.79 Å². The van der Waals surface area contributed by atoms with Crippen LogP contribution in [0.5, 0.6) is 17.2 Å². The van der Waals surface area contributed by atoms with Crippen molar-refractivity contribution in [2.24, 2.45) is 0 Å². The number of benzene rings is 2. The molecule has 0 unspecified atom stereocenters. The third kappa shape index (κ3) is 3.35. The predicted molar refractivity (Wildman–Crippen MR) is 92.7 cm³/mol. The van der Waals surface area contributed by atoms with Crippen LogP contribution in [0.15, 0.2) is 36.4 Å². The van der Waals surface area contributed by atoms with Crippen LogP contribution < -0.4 is 19.5 Å². The third-order valence-corrected chi connectivity index (χ3v) is 3.84. The number of anilines is 1. The van der Waals surface area contributed by atoms with Crippen LogP contribution >= 0.6 is 0 Å².